The van der Waals surface area contributed by atoms with Crippen molar-refractivity contribution in [2.75, 3.05) is 26.7 Å². The largest absolute Gasteiger partial charge is 0.389 e. The maximum absolute atomic E-state index is 12.6. The third-order valence-electron chi connectivity index (χ3n) is 6.01. The molecule has 2 heterocycles. The van der Waals surface area contributed by atoms with Crippen molar-refractivity contribution >= 4 is 24.1 Å². The van der Waals surface area contributed by atoms with Gasteiger partial charge in [-0.1, -0.05) is 31.4 Å². The predicted octanol–water partition coefficient (Wildman–Crippen LogP) is 2.58. The van der Waals surface area contributed by atoms with Crippen molar-refractivity contribution in [1.82, 2.24) is 15.2 Å². The Balaban J connectivity index is 0.00000280. The summed E-state index contributed by atoms with van der Waals surface area (Å²) in [5.41, 5.74) is 0. The first-order chi connectivity index (χ1) is 13.0. The van der Waals surface area contributed by atoms with Crippen LogP contribution < -0.4 is 5.32 Å². The number of β-amino-alcohol motifs (C(OH)–C–C–N with tert-alkyl or cyclic N) is 1. The SMILES string of the molecule is C[C@H]1C[C@H](NC(=O)C2CCCCC2)[C@@H](O)CN(/N=N/N=C2\CCCN2C)C1.Cl. The Labute approximate surface area is 174 Å². The quantitative estimate of drug-likeness (QED) is 0.546. The van der Waals surface area contributed by atoms with Crippen LogP contribution in [0.4, 0.5) is 0 Å². The monoisotopic (exact) mass is 414 g/mol. The molecule has 0 bridgehead atoms. The molecule has 0 unspecified atom stereocenters. The number of hydrogen-bond donors (Lipinski definition) is 2. The molecule has 0 aromatic rings. The van der Waals surface area contributed by atoms with Crippen molar-refractivity contribution in [3.05, 3.63) is 0 Å². The van der Waals surface area contributed by atoms with Crippen molar-refractivity contribution in [2.24, 2.45) is 27.4 Å². The first-order valence-corrected chi connectivity index (χ1v) is 10.4. The zero-order chi connectivity index (χ0) is 19.2. The lowest BCUT2D eigenvalue weighted by Crippen LogP contribution is -2.48. The van der Waals surface area contributed by atoms with Gasteiger partial charge in [-0.2, -0.15) is 0 Å². The molecule has 2 N–H and O–H groups in total. The Hall–Kier alpha value is -1.41. The number of nitrogens with zero attached hydrogens (tertiary/aromatic N) is 5. The van der Waals surface area contributed by atoms with Crippen molar-refractivity contribution in [2.45, 2.75) is 70.4 Å². The van der Waals surface area contributed by atoms with Crippen molar-refractivity contribution in [3.8, 4) is 0 Å². The van der Waals surface area contributed by atoms with Crippen molar-refractivity contribution in [3.63, 3.8) is 0 Å². The predicted molar refractivity (Wildman–Crippen MR) is 111 cm³/mol. The molecular formula is C19H35ClN6O2. The second-order valence-corrected chi connectivity index (χ2v) is 8.45. The van der Waals surface area contributed by atoms with Crippen LogP contribution >= 0.6 is 12.4 Å². The number of aliphatic hydroxyl groups is 1. The van der Waals surface area contributed by atoms with Crippen LogP contribution in [0.2, 0.25) is 0 Å². The van der Waals surface area contributed by atoms with Gasteiger partial charge in [0.2, 0.25) is 5.91 Å². The van der Waals surface area contributed by atoms with E-state index < -0.39 is 6.10 Å². The number of hydrogen-bond acceptors (Lipinski definition) is 4. The van der Waals surface area contributed by atoms with Gasteiger partial charge in [0.15, 0.2) is 0 Å². The number of aliphatic hydroxyl groups excluding tert-OH is 1. The van der Waals surface area contributed by atoms with Crippen LogP contribution in [-0.4, -0.2) is 65.6 Å². The van der Waals surface area contributed by atoms with E-state index in [4.69, 9.17) is 0 Å². The molecule has 2 saturated heterocycles. The van der Waals surface area contributed by atoms with Crippen LogP contribution in [0.5, 0.6) is 0 Å². The van der Waals surface area contributed by atoms with Gasteiger partial charge in [0.25, 0.3) is 0 Å². The minimum absolute atomic E-state index is 0. The molecule has 0 aromatic carbocycles. The van der Waals surface area contributed by atoms with Crippen molar-refractivity contribution in [1.29, 1.82) is 0 Å². The van der Waals surface area contributed by atoms with Crippen LogP contribution in [0, 0.1) is 11.8 Å². The van der Waals surface area contributed by atoms with Gasteiger partial charge in [0.05, 0.1) is 18.7 Å². The Morgan fingerprint density at radius 1 is 1.18 bits per heavy atom. The number of halogens is 1. The summed E-state index contributed by atoms with van der Waals surface area (Å²) in [5, 5.41) is 28.0. The molecule has 3 rings (SSSR count). The summed E-state index contributed by atoms with van der Waals surface area (Å²) in [6.45, 7) is 4.20. The Kier molecular flexibility index (Phi) is 8.95. The number of carbonyl (C=O) groups excluding carboxylic acids is 1. The lowest BCUT2D eigenvalue weighted by Gasteiger charge is -2.27. The van der Waals surface area contributed by atoms with Crippen LogP contribution in [0.15, 0.2) is 15.5 Å². The summed E-state index contributed by atoms with van der Waals surface area (Å²) in [5.74, 6) is 1.48. The normalized spacial score (nSPS) is 31.1. The molecule has 1 saturated carbocycles. The molecule has 9 heteroatoms. The van der Waals surface area contributed by atoms with Gasteiger partial charge in [0.1, 0.15) is 5.84 Å². The van der Waals surface area contributed by atoms with E-state index in [0.29, 0.717) is 19.0 Å². The first kappa shape index (κ1) is 22.9. The topological polar surface area (TPSA) is 92.9 Å². The Morgan fingerprint density at radius 3 is 2.61 bits per heavy atom. The highest BCUT2D eigenvalue weighted by molar-refractivity contribution is 5.85. The number of likely N-dealkylation sites (tertiary alicyclic amines) is 1. The highest BCUT2D eigenvalue weighted by atomic mass is 35.5. The standard InChI is InChI=1S/C19H34N6O2.ClH/c1-14-11-16(20-19(27)15-7-4-3-5-8-15)17(26)13-25(12-14)23-22-21-18-9-6-10-24(18)2;/h14-17,26H,3-13H2,1-2H3,(H,20,27);1H/b21-18+,23-22+;/t14-,16-,17-;/m0./s1. The summed E-state index contributed by atoms with van der Waals surface area (Å²) in [6.07, 6.45) is 7.58. The molecule has 1 aliphatic carbocycles. The highest BCUT2D eigenvalue weighted by Gasteiger charge is 2.32. The third kappa shape index (κ3) is 6.30. The second kappa shape index (κ2) is 11.0. The summed E-state index contributed by atoms with van der Waals surface area (Å²) in [4.78, 5) is 14.7. The summed E-state index contributed by atoms with van der Waals surface area (Å²) >= 11 is 0. The highest BCUT2D eigenvalue weighted by Crippen LogP contribution is 2.25. The molecule has 0 aromatic heterocycles. The molecule has 3 fully saturated rings. The van der Waals surface area contributed by atoms with Crippen LogP contribution in [0.25, 0.3) is 0 Å². The molecular weight excluding hydrogens is 380 g/mol. The van der Waals surface area contributed by atoms with Crippen LogP contribution in [0.3, 0.4) is 0 Å². The Bertz CT molecular complexity index is 567. The minimum Gasteiger partial charge on any atom is -0.389 e. The average Bonchev–Trinajstić information content (AvgIpc) is 3.00. The van der Waals surface area contributed by atoms with E-state index in [1.54, 1.807) is 5.01 Å². The molecule has 3 atom stereocenters. The average molecular weight is 415 g/mol. The van der Waals surface area contributed by atoms with E-state index in [1.165, 1.54) is 6.42 Å². The number of amidine groups is 1. The van der Waals surface area contributed by atoms with E-state index >= 15 is 0 Å². The maximum atomic E-state index is 12.6. The van der Waals surface area contributed by atoms with E-state index in [-0.39, 0.29) is 30.3 Å². The minimum atomic E-state index is -0.650. The summed E-state index contributed by atoms with van der Waals surface area (Å²) < 4.78 is 0. The van der Waals surface area contributed by atoms with Gasteiger partial charge in [0, 0.05) is 32.5 Å². The second-order valence-electron chi connectivity index (χ2n) is 8.45. The van der Waals surface area contributed by atoms with Gasteiger partial charge in [-0.05, 0) is 36.8 Å². The molecule has 160 valence electrons. The molecule has 1 amide bonds. The lowest BCUT2D eigenvalue weighted by molar-refractivity contribution is -0.127. The van der Waals surface area contributed by atoms with Gasteiger partial charge in [-0.25, -0.2) is 0 Å². The zero-order valence-corrected chi connectivity index (χ0v) is 17.9. The Morgan fingerprint density at radius 2 is 1.93 bits per heavy atom. The van der Waals surface area contributed by atoms with E-state index in [2.05, 4.69) is 32.7 Å². The number of amides is 1. The van der Waals surface area contributed by atoms with Crippen molar-refractivity contribution < 1.29 is 9.90 Å². The van der Waals surface area contributed by atoms with E-state index in [1.807, 2.05) is 7.05 Å². The fourth-order valence-electron chi connectivity index (χ4n) is 4.38. The number of carbonyl (C=O) groups is 1. The number of rotatable bonds is 4. The molecule has 0 radical (unpaired) electrons. The molecule has 0 spiro atoms. The molecule has 2 aliphatic heterocycles. The smallest absolute Gasteiger partial charge is 0.223 e. The molecule has 8 nitrogen and oxygen atoms in total. The first-order valence-electron chi connectivity index (χ1n) is 10.4. The summed E-state index contributed by atoms with van der Waals surface area (Å²) in [7, 11) is 2.01. The van der Waals surface area contributed by atoms with Crippen LogP contribution in [0.1, 0.15) is 58.3 Å². The molecule has 28 heavy (non-hydrogen) atoms. The summed E-state index contributed by atoms with van der Waals surface area (Å²) in [6, 6.07) is -0.220. The van der Waals surface area contributed by atoms with Gasteiger partial charge < -0.3 is 15.3 Å². The van der Waals surface area contributed by atoms with Crippen LogP contribution in [-0.2, 0) is 4.79 Å². The fraction of sp³-hybridized carbons (Fsp3) is 0.895. The maximum Gasteiger partial charge on any atom is 0.223 e. The number of nitrogens with one attached hydrogen (secondary N) is 1. The van der Waals surface area contributed by atoms with Gasteiger partial charge in [-0.15, -0.1) is 17.5 Å². The fourth-order valence-corrected chi connectivity index (χ4v) is 4.38. The van der Waals surface area contributed by atoms with E-state index in [9.17, 15) is 9.90 Å². The third-order valence-corrected chi connectivity index (χ3v) is 6.01. The zero-order valence-electron chi connectivity index (χ0n) is 17.1. The van der Waals surface area contributed by atoms with Gasteiger partial charge in [-0.3, -0.25) is 9.80 Å². The molecule has 3 aliphatic rings. The van der Waals surface area contributed by atoms with Gasteiger partial charge >= 0.3 is 0 Å². The lowest BCUT2D eigenvalue weighted by atomic mass is 9.88. The van der Waals surface area contributed by atoms with E-state index in [0.717, 1.165) is 57.3 Å².